The first-order valence-electron chi connectivity index (χ1n) is 8.06. The van der Waals surface area contributed by atoms with Crippen LogP contribution >= 0.6 is 0 Å². The van der Waals surface area contributed by atoms with E-state index in [2.05, 4.69) is 5.32 Å². The fourth-order valence-electron chi connectivity index (χ4n) is 2.82. The summed E-state index contributed by atoms with van der Waals surface area (Å²) >= 11 is 0. The van der Waals surface area contributed by atoms with Crippen LogP contribution in [0.3, 0.4) is 0 Å². The van der Waals surface area contributed by atoms with E-state index in [1.165, 1.54) is 11.4 Å². The van der Waals surface area contributed by atoms with E-state index in [-0.39, 0.29) is 11.7 Å². The van der Waals surface area contributed by atoms with Gasteiger partial charge in [-0.15, -0.1) is 0 Å². The zero-order valence-corrected chi connectivity index (χ0v) is 14.8. The largest absolute Gasteiger partial charge is 0.496 e. The molecule has 0 saturated carbocycles. The van der Waals surface area contributed by atoms with E-state index in [0.717, 1.165) is 6.42 Å². The van der Waals surface area contributed by atoms with Crippen LogP contribution in [0.25, 0.3) is 0 Å². The maximum absolute atomic E-state index is 12.4. The summed E-state index contributed by atoms with van der Waals surface area (Å²) < 4.78 is 30.9. The van der Waals surface area contributed by atoms with Crippen LogP contribution in [-0.4, -0.2) is 33.7 Å². The molecular formula is C18H20N2O4S. The Balaban J connectivity index is 1.76. The zero-order valence-electron chi connectivity index (χ0n) is 13.9. The summed E-state index contributed by atoms with van der Waals surface area (Å²) in [7, 11) is -1.72. The lowest BCUT2D eigenvalue weighted by Gasteiger charge is -2.28. The van der Waals surface area contributed by atoms with Gasteiger partial charge in [0.1, 0.15) is 5.75 Å². The van der Waals surface area contributed by atoms with Crippen LogP contribution in [0.4, 0.5) is 11.4 Å². The maximum Gasteiger partial charge on any atom is 0.259 e. The second-order valence-corrected chi connectivity index (χ2v) is 7.81. The van der Waals surface area contributed by atoms with Gasteiger partial charge >= 0.3 is 0 Å². The van der Waals surface area contributed by atoms with Crippen LogP contribution in [0.5, 0.6) is 5.75 Å². The van der Waals surface area contributed by atoms with E-state index >= 15 is 0 Å². The van der Waals surface area contributed by atoms with Gasteiger partial charge in [-0.3, -0.25) is 9.10 Å². The molecule has 0 atom stereocenters. The molecule has 7 heteroatoms. The predicted octanol–water partition coefficient (Wildman–Crippen LogP) is 2.88. The van der Waals surface area contributed by atoms with Crippen molar-refractivity contribution in [2.45, 2.75) is 12.8 Å². The quantitative estimate of drug-likeness (QED) is 0.910. The third-order valence-corrected chi connectivity index (χ3v) is 5.98. The van der Waals surface area contributed by atoms with Crippen molar-refractivity contribution in [1.29, 1.82) is 0 Å². The highest BCUT2D eigenvalue weighted by molar-refractivity contribution is 7.92. The molecule has 0 radical (unpaired) electrons. The first-order valence-corrected chi connectivity index (χ1v) is 9.67. The smallest absolute Gasteiger partial charge is 0.259 e. The number of ether oxygens (including phenoxy) is 1. The molecule has 0 aliphatic carbocycles. The Kier molecular flexibility index (Phi) is 4.94. The zero-order chi connectivity index (χ0) is 17.9. The first kappa shape index (κ1) is 17.3. The van der Waals surface area contributed by atoms with Gasteiger partial charge in [0, 0.05) is 12.2 Å². The van der Waals surface area contributed by atoms with Crippen molar-refractivity contribution in [2.24, 2.45) is 0 Å². The Morgan fingerprint density at radius 3 is 2.48 bits per heavy atom. The average molecular weight is 360 g/mol. The van der Waals surface area contributed by atoms with E-state index in [0.29, 0.717) is 35.7 Å². The van der Waals surface area contributed by atoms with E-state index < -0.39 is 10.0 Å². The van der Waals surface area contributed by atoms with Gasteiger partial charge in [0.05, 0.1) is 24.1 Å². The predicted molar refractivity (Wildman–Crippen MR) is 97.8 cm³/mol. The lowest BCUT2D eigenvalue weighted by molar-refractivity contribution is 0.102. The van der Waals surface area contributed by atoms with Gasteiger partial charge < -0.3 is 10.1 Å². The normalized spacial score (nSPS) is 16.3. The number of hydrogen-bond donors (Lipinski definition) is 1. The second kappa shape index (κ2) is 7.14. The lowest BCUT2D eigenvalue weighted by atomic mass is 10.2. The molecule has 3 rings (SSSR count). The number of amides is 1. The highest BCUT2D eigenvalue weighted by Crippen LogP contribution is 2.25. The number of rotatable bonds is 4. The molecule has 0 spiro atoms. The number of nitrogens with one attached hydrogen (secondary N) is 1. The maximum atomic E-state index is 12.4. The summed E-state index contributed by atoms with van der Waals surface area (Å²) in [6.45, 7) is 0.495. The third-order valence-electron chi connectivity index (χ3n) is 4.11. The van der Waals surface area contributed by atoms with Crippen LogP contribution in [-0.2, 0) is 10.0 Å². The highest BCUT2D eigenvalue weighted by Gasteiger charge is 2.25. The Hall–Kier alpha value is -2.54. The SMILES string of the molecule is COc1ccccc1C(=O)Nc1ccc(N2CCCCS2(=O)=O)cc1. The van der Waals surface area contributed by atoms with Crippen LogP contribution < -0.4 is 14.4 Å². The molecule has 1 aliphatic heterocycles. The first-order chi connectivity index (χ1) is 12.0. The van der Waals surface area contributed by atoms with Crippen molar-refractivity contribution in [3.8, 4) is 5.75 Å². The summed E-state index contributed by atoms with van der Waals surface area (Å²) in [5, 5.41) is 2.80. The van der Waals surface area contributed by atoms with Crippen molar-refractivity contribution >= 4 is 27.3 Å². The van der Waals surface area contributed by atoms with Gasteiger partial charge in [0.15, 0.2) is 0 Å². The molecule has 132 valence electrons. The minimum Gasteiger partial charge on any atom is -0.496 e. The Morgan fingerprint density at radius 2 is 1.80 bits per heavy atom. The van der Waals surface area contributed by atoms with Gasteiger partial charge in [0.25, 0.3) is 5.91 Å². The van der Waals surface area contributed by atoms with Gasteiger partial charge in [-0.1, -0.05) is 12.1 Å². The van der Waals surface area contributed by atoms with Crippen molar-refractivity contribution in [1.82, 2.24) is 0 Å². The average Bonchev–Trinajstić information content (AvgIpc) is 2.62. The fraction of sp³-hybridized carbons (Fsp3) is 0.278. The van der Waals surface area contributed by atoms with Crippen LogP contribution in [0.2, 0.25) is 0 Å². The van der Waals surface area contributed by atoms with Gasteiger partial charge in [-0.05, 0) is 49.2 Å². The van der Waals surface area contributed by atoms with Gasteiger partial charge in [0.2, 0.25) is 10.0 Å². The Labute approximate surface area is 147 Å². The van der Waals surface area contributed by atoms with Crippen LogP contribution in [0.1, 0.15) is 23.2 Å². The fourth-order valence-corrected chi connectivity index (χ4v) is 4.46. The molecule has 1 heterocycles. The monoisotopic (exact) mass is 360 g/mol. The molecular weight excluding hydrogens is 340 g/mol. The summed E-state index contributed by atoms with van der Waals surface area (Å²) in [5.74, 6) is 0.395. The molecule has 6 nitrogen and oxygen atoms in total. The molecule has 25 heavy (non-hydrogen) atoms. The van der Waals surface area contributed by atoms with E-state index in [1.807, 2.05) is 0 Å². The topological polar surface area (TPSA) is 75.7 Å². The van der Waals surface area contributed by atoms with Crippen molar-refractivity contribution < 1.29 is 17.9 Å². The van der Waals surface area contributed by atoms with E-state index in [9.17, 15) is 13.2 Å². The van der Waals surface area contributed by atoms with Crippen molar-refractivity contribution in [2.75, 3.05) is 29.0 Å². The summed E-state index contributed by atoms with van der Waals surface area (Å²) in [6, 6.07) is 13.8. The molecule has 1 N–H and O–H groups in total. The number of carbonyl (C=O) groups excluding carboxylic acids is 1. The number of carbonyl (C=O) groups is 1. The molecule has 0 unspecified atom stereocenters. The number of nitrogens with zero attached hydrogens (tertiary/aromatic N) is 1. The molecule has 0 bridgehead atoms. The molecule has 1 fully saturated rings. The molecule has 2 aromatic rings. The molecule has 1 amide bonds. The molecule has 1 aliphatic rings. The summed E-state index contributed by atoms with van der Waals surface area (Å²) in [5.41, 5.74) is 1.65. The van der Waals surface area contributed by atoms with Gasteiger partial charge in [-0.2, -0.15) is 0 Å². The third kappa shape index (κ3) is 3.76. The molecule has 2 aromatic carbocycles. The minimum atomic E-state index is -3.24. The second-order valence-electron chi connectivity index (χ2n) is 5.80. The van der Waals surface area contributed by atoms with Gasteiger partial charge in [-0.25, -0.2) is 8.42 Å². The van der Waals surface area contributed by atoms with Crippen molar-refractivity contribution in [3.05, 3.63) is 54.1 Å². The number of hydrogen-bond acceptors (Lipinski definition) is 4. The lowest BCUT2D eigenvalue weighted by Crippen LogP contribution is -2.37. The van der Waals surface area contributed by atoms with Crippen molar-refractivity contribution in [3.63, 3.8) is 0 Å². The summed E-state index contributed by atoms with van der Waals surface area (Å²) in [4.78, 5) is 12.4. The number of anilines is 2. The molecule has 0 aromatic heterocycles. The number of para-hydroxylation sites is 1. The van der Waals surface area contributed by atoms with E-state index in [4.69, 9.17) is 4.74 Å². The number of benzene rings is 2. The molecule has 1 saturated heterocycles. The van der Waals surface area contributed by atoms with Crippen LogP contribution in [0, 0.1) is 0 Å². The number of sulfonamides is 1. The highest BCUT2D eigenvalue weighted by atomic mass is 32.2. The standard InChI is InChI=1S/C18H20N2O4S/c1-24-17-7-3-2-6-16(17)18(21)19-14-8-10-15(11-9-14)20-12-4-5-13-25(20,22)23/h2-3,6-11H,4-5,12-13H2,1H3,(H,19,21). The Bertz CT molecular complexity index is 863. The Morgan fingerprint density at radius 1 is 1.08 bits per heavy atom. The minimum absolute atomic E-state index is 0.180. The number of methoxy groups -OCH3 is 1. The van der Waals surface area contributed by atoms with Crippen LogP contribution in [0.15, 0.2) is 48.5 Å². The summed E-state index contributed by atoms with van der Waals surface area (Å²) in [6.07, 6.45) is 1.55. The van der Waals surface area contributed by atoms with E-state index in [1.54, 1.807) is 48.5 Å².